The SMILES string of the molecule is CC(=O)O[C@H]1OCC2C3C(CC[C@@]21C)[C@@]1(C)CC[C@H](O)CC1=C[C@@H]3O. The molecular weight excluding hydrogens is 320 g/mol. The van der Waals surface area contributed by atoms with Crippen LogP contribution in [0.4, 0.5) is 0 Å². The van der Waals surface area contributed by atoms with Gasteiger partial charge in [0, 0.05) is 12.3 Å². The number of carbonyl (C=O) groups excluding carboxylic acids is 1. The Morgan fingerprint density at radius 2 is 2.00 bits per heavy atom. The minimum Gasteiger partial charge on any atom is -0.435 e. The summed E-state index contributed by atoms with van der Waals surface area (Å²) in [4.78, 5) is 11.4. The zero-order valence-corrected chi connectivity index (χ0v) is 15.4. The highest BCUT2D eigenvalue weighted by Gasteiger charge is 2.62. The van der Waals surface area contributed by atoms with E-state index in [0.29, 0.717) is 18.9 Å². The van der Waals surface area contributed by atoms with E-state index in [1.807, 2.05) is 6.08 Å². The summed E-state index contributed by atoms with van der Waals surface area (Å²) < 4.78 is 11.3. The smallest absolute Gasteiger partial charge is 0.304 e. The lowest BCUT2D eigenvalue weighted by molar-refractivity contribution is -0.189. The van der Waals surface area contributed by atoms with Gasteiger partial charge in [0.05, 0.1) is 18.8 Å². The number of aliphatic hydroxyl groups excluding tert-OH is 2. The van der Waals surface area contributed by atoms with Crippen LogP contribution in [0.25, 0.3) is 0 Å². The Morgan fingerprint density at radius 1 is 1.24 bits per heavy atom. The van der Waals surface area contributed by atoms with Crippen LogP contribution in [0.5, 0.6) is 0 Å². The predicted molar refractivity (Wildman–Crippen MR) is 91.4 cm³/mol. The van der Waals surface area contributed by atoms with E-state index in [1.165, 1.54) is 12.5 Å². The molecule has 0 aromatic heterocycles. The number of carbonyl (C=O) groups is 1. The fourth-order valence-electron chi connectivity index (χ4n) is 6.29. The van der Waals surface area contributed by atoms with Crippen LogP contribution in [0.2, 0.25) is 0 Å². The quantitative estimate of drug-likeness (QED) is 0.561. The van der Waals surface area contributed by atoms with E-state index >= 15 is 0 Å². The van der Waals surface area contributed by atoms with Gasteiger partial charge in [-0.2, -0.15) is 0 Å². The Bertz CT molecular complexity index is 601. The van der Waals surface area contributed by atoms with Crippen LogP contribution in [-0.2, 0) is 14.3 Å². The van der Waals surface area contributed by atoms with Crippen molar-refractivity contribution < 1.29 is 24.5 Å². The molecule has 4 aliphatic rings. The van der Waals surface area contributed by atoms with Crippen LogP contribution in [0.1, 0.15) is 52.9 Å². The summed E-state index contributed by atoms with van der Waals surface area (Å²) in [5.41, 5.74) is 1.06. The van der Waals surface area contributed by atoms with Crippen molar-refractivity contribution in [2.45, 2.75) is 71.4 Å². The van der Waals surface area contributed by atoms with E-state index in [4.69, 9.17) is 9.47 Å². The third-order valence-corrected chi connectivity index (χ3v) is 7.78. The molecule has 1 heterocycles. The highest BCUT2D eigenvalue weighted by molar-refractivity contribution is 5.66. The molecule has 5 nitrogen and oxygen atoms in total. The normalized spacial score (nSPS) is 51.8. The van der Waals surface area contributed by atoms with Gasteiger partial charge in [-0.1, -0.05) is 25.5 Å². The lowest BCUT2D eigenvalue weighted by Crippen LogP contribution is -2.55. The molecule has 1 saturated heterocycles. The fourth-order valence-corrected chi connectivity index (χ4v) is 6.29. The molecule has 0 bridgehead atoms. The number of ether oxygens (including phenoxy) is 2. The summed E-state index contributed by atoms with van der Waals surface area (Å²) in [6.07, 6.45) is 5.15. The van der Waals surface area contributed by atoms with E-state index < -0.39 is 12.4 Å². The first-order valence-electron chi connectivity index (χ1n) is 9.62. The number of hydrogen-bond acceptors (Lipinski definition) is 5. The number of hydrogen-bond donors (Lipinski definition) is 2. The van der Waals surface area contributed by atoms with Gasteiger partial charge in [0.15, 0.2) is 0 Å². The minimum atomic E-state index is -0.511. The van der Waals surface area contributed by atoms with Crippen LogP contribution in [0.3, 0.4) is 0 Å². The van der Waals surface area contributed by atoms with Gasteiger partial charge in [0.25, 0.3) is 0 Å². The molecule has 0 aromatic carbocycles. The highest BCUT2D eigenvalue weighted by atomic mass is 16.7. The molecule has 1 aliphatic heterocycles. The molecule has 4 rings (SSSR count). The van der Waals surface area contributed by atoms with Gasteiger partial charge in [-0.15, -0.1) is 0 Å². The Balaban J connectivity index is 1.67. The topological polar surface area (TPSA) is 76.0 Å². The number of rotatable bonds is 1. The molecule has 3 fully saturated rings. The molecule has 5 heteroatoms. The van der Waals surface area contributed by atoms with Crippen LogP contribution in [-0.4, -0.2) is 41.3 Å². The maximum Gasteiger partial charge on any atom is 0.304 e. The zero-order chi connectivity index (χ0) is 18.0. The largest absolute Gasteiger partial charge is 0.435 e. The second-order valence-electron chi connectivity index (χ2n) is 9.11. The van der Waals surface area contributed by atoms with Gasteiger partial charge in [-0.25, -0.2) is 0 Å². The summed E-state index contributed by atoms with van der Waals surface area (Å²) in [5, 5.41) is 21.0. The van der Waals surface area contributed by atoms with Gasteiger partial charge < -0.3 is 19.7 Å². The third-order valence-electron chi connectivity index (χ3n) is 7.78. The Morgan fingerprint density at radius 3 is 2.72 bits per heavy atom. The summed E-state index contributed by atoms with van der Waals surface area (Å²) in [5.74, 6) is 0.400. The zero-order valence-electron chi connectivity index (χ0n) is 15.4. The molecule has 2 N–H and O–H groups in total. The van der Waals surface area contributed by atoms with Crippen molar-refractivity contribution in [1.29, 1.82) is 0 Å². The second-order valence-corrected chi connectivity index (χ2v) is 9.11. The van der Waals surface area contributed by atoms with Crippen molar-refractivity contribution in [1.82, 2.24) is 0 Å². The summed E-state index contributed by atoms with van der Waals surface area (Å²) >= 11 is 0. The molecule has 140 valence electrons. The van der Waals surface area contributed by atoms with Crippen molar-refractivity contribution in [3.63, 3.8) is 0 Å². The van der Waals surface area contributed by atoms with E-state index in [2.05, 4.69) is 13.8 Å². The fraction of sp³-hybridized carbons (Fsp3) is 0.850. The Kier molecular flexibility index (Phi) is 4.06. The van der Waals surface area contributed by atoms with Crippen LogP contribution < -0.4 is 0 Å². The maximum absolute atomic E-state index is 11.4. The van der Waals surface area contributed by atoms with Crippen molar-refractivity contribution >= 4 is 5.97 Å². The molecule has 0 spiro atoms. The first-order chi connectivity index (χ1) is 11.8. The monoisotopic (exact) mass is 350 g/mol. The van der Waals surface area contributed by atoms with Crippen molar-refractivity contribution in [3.05, 3.63) is 11.6 Å². The molecule has 0 radical (unpaired) electrons. The lowest BCUT2D eigenvalue weighted by Gasteiger charge is -2.58. The third kappa shape index (κ3) is 2.50. The van der Waals surface area contributed by atoms with Crippen molar-refractivity contribution in [2.24, 2.45) is 28.6 Å². The first-order valence-corrected chi connectivity index (χ1v) is 9.62. The number of fused-ring (bicyclic) bond motifs is 5. The van der Waals surface area contributed by atoms with Gasteiger partial charge in [0.1, 0.15) is 0 Å². The average Bonchev–Trinajstić information content (AvgIpc) is 2.85. The van der Waals surface area contributed by atoms with Crippen LogP contribution in [0.15, 0.2) is 11.6 Å². The molecular formula is C20H30O5. The molecule has 3 unspecified atom stereocenters. The second kappa shape index (κ2) is 5.80. The first kappa shape index (κ1) is 17.5. The standard InChI is InChI=1S/C20H30O5/c1-11(21)25-18-20(3)7-5-14-17(15(20)10-24-18)16(23)9-12-8-13(22)4-6-19(12,14)2/h9,13-18,22-23H,4-8,10H2,1-3H3/t13-,14?,15?,16-,17?,18+,19-,20-/m0/s1. The molecule has 25 heavy (non-hydrogen) atoms. The molecule has 0 aromatic rings. The molecule has 2 saturated carbocycles. The lowest BCUT2D eigenvalue weighted by atomic mass is 9.47. The maximum atomic E-state index is 11.4. The van der Waals surface area contributed by atoms with Gasteiger partial charge in [-0.05, 0) is 55.3 Å². The summed E-state index contributed by atoms with van der Waals surface area (Å²) in [6.45, 7) is 6.42. The van der Waals surface area contributed by atoms with E-state index in [9.17, 15) is 15.0 Å². The molecule has 8 atom stereocenters. The Labute approximate surface area is 149 Å². The van der Waals surface area contributed by atoms with Crippen molar-refractivity contribution in [3.8, 4) is 0 Å². The molecule has 3 aliphatic carbocycles. The van der Waals surface area contributed by atoms with Crippen LogP contribution in [0, 0.1) is 28.6 Å². The van der Waals surface area contributed by atoms with E-state index in [1.54, 1.807) is 0 Å². The molecule has 0 amide bonds. The van der Waals surface area contributed by atoms with Crippen molar-refractivity contribution in [2.75, 3.05) is 6.61 Å². The summed E-state index contributed by atoms with van der Waals surface area (Å²) in [7, 11) is 0. The van der Waals surface area contributed by atoms with E-state index in [-0.39, 0.29) is 34.7 Å². The number of aliphatic hydroxyl groups is 2. The summed E-state index contributed by atoms with van der Waals surface area (Å²) in [6, 6.07) is 0. The number of esters is 1. The highest BCUT2D eigenvalue weighted by Crippen LogP contribution is 2.63. The Hall–Kier alpha value is -0.910. The average molecular weight is 350 g/mol. The van der Waals surface area contributed by atoms with Crippen LogP contribution >= 0.6 is 0 Å². The van der Waals surface area contributed by atoms with Gasteiger partial charge in [-0.3, -0.25) is 4.79 Å². The van der Waals surface area contributed by atoms with Gasteiger partial charge in [0.2, 0.25) is 6.29 Å². The minimum absolute atomic E-state index is 0.0595. The predicted octanol–water partition coefficient (Wildman–Crippen LogP) is 2.41. The van der Waals surface area contributed by atoms with E-state index in [0.717, 1.165) is 25.7 Å². The van der Waals surface area contributed by atoms with Gasteiger partial charge >= 0.3 is 5.97 Å².